The van der Waals surface area contributed by atoms with Crippen molar-refractivity contribution in [2.45, 2.75) is 44.7 Å². The number of carbonyl (C=O) groups excluding carboxylic acids is 2. The number of rotatable bonds is 6. The average molecular weight is 424 g/mol. The number of benzene rings is 1. The van der Waals surface area contributed by atoms with E-state index in [4.69, 9.17) is 4.74 Å². The third kappa shape index (κ3) is 4.17. The Kier molecular flexibility index (Phi) is 6.30. The zero-order chi connectivity index (χ0) is 21.3. The fraction of sp³-hybridized carbons (Fsp3) is 0.600. The first-order chi connectivity index (χ1) is 13.6. The van der Waals surface area contributed by atoms with Gasteiger partial charge in [0.05, 0.1) is 18.8 Å². The van der Waals surface area contributed by atoms with E-state index in [0.29, 0.717) is 25.7 Å². The van der Waals surface area contributed by atoms with Crippen LogP contribution in [0.4, 0.5) is 0 Å². The summed E-state index contributed by atoms with van der Waals surface area (Å²) in [5.41, 5.74) is 0.346. The molecule has 1 unspecified atom stereocenters. The van der Waals surface area contributed by atoms with E-state index in [0.717, 1.165) is 17.4 Å². The van der Waals surface area contributed by atoms with Gasteiger partial charge < -0.3 is 10.1 Å². The Balaban J connectivity index is 1.76. The van der Waals surface area contributed by atoms with E-state index >= 15 is 0 Å². The number of nitrogens with zero attached hydrogens (tertiary/aromatic N) is 2. The Morgan fingerprint density at radius 3 is 2.41 bits per heavy atom. The van der Waals surface area contributed by atoms with Crippen LogP contribution in [0.5, 0.6) is 0 Å². The Labute approximate surface area is 172 Å². The van der Waals surface area contributed by atoms with Gasteiger partial charge in [0.1, 0.15) is 4.90 Å². The van der Waals surface area contributed by atoms with Crippen molar-refractivity contribution in [3.05, 3.63) is 29.3 Å². The topological polar surface area (TPSA) is 96.0 Å². The molecule has 0 aliphatic carbocycles. The lowest BCUT2D eigenvalue weighted by atomic mass is 10.0. The van der Waals surface area contributed by atoms with Gasteiger partial charge in [0, 0.05) is 37.3 Å². The number of sulfonamides is 1. The molecule has 2 aliphatic heterocycles. The number of ether oxygens (including phenoxy) is 1. The van der Waals surface area contributed by atoms with Gasteiger partial charge in [0.15, 0.2) is 0 Å². The van der Waals surface area contributed by atoms with Crippen LogP contribution in [0, 0.1) is 5.92 Å². The fourth-order valence-corrected chi connectivity index (χ4v) is 5.69. The van der Waals surface area contributed by atoms with Crippen molar-refractivity contribution in [1.29, 1.82) is 0 Å². The van der Waals surface area contributed by atoms with E-state index in [-0.39, 0.29) is 28.0 Å². The zero-order valence-corrected chi connectivity index (χ0v) is 18.2. The maximum absolute atomic E-state index is 12.7. The predicted octanol–water partition coefficient (Wildman–Crippen LogP) is 1.33. The van der Waals surface area contributed by atoms with E-state index in [2.05, 4.69) is 24.1 Å². The molecule has 1 atom stereocenters. The van der Waals surface area contributed by atoms with Crippen LogP contribution in [0.15, 0.2) is 23.1 Å². The number of amides is 2. The van der Waals surface area contributed by atoms with Crippen molar-refractivity contribution < 1.29 is 22.7 Å². The third-order valence-corrected chi connectivity index (χ3v) is 7.44. The molecular weight excluding hydrogens is 394 g/mol. The second-order valence-electron chi connectivity index (χ2n) is 8.08. The highest BCUT2D eigenvalue weighted by Gasteiger charge is 2.43. The largest absolute Gasteiger partial charge is 0.379 e. The quantitative estimate of drug-likeness (QED) is 0.742. The van der Waals surface area contributed by atoms with Gasteiger partial charge in [-0.2, -0.15) is 0 Å². The molecule has 2 heterocycles. The highest BCUT2D eigenvalue weighted by atomic mass is 32.2. The standard InChI is InChI=1S/C20H29N3O5S/c1-13(2)17(22-7-9-28-10-8-22)12-21-19(24)15-5-6-16-18(11-15)29(26,27)23(14(3)4)20(16)25/h5-6,11,13-14,17H,7-10,12H2,1-4H3,(H,21,24). The van der Waals surface area contributed by atoms with Gasteiger partial charge >= 0.3 is 0 Å². The Bertz CT molecular complexity index is 891. The molecule has 1 aromatic carbocycles. The molecule has 1 aromatic rings. The lowest BCUT2D eigenvalue weighted by Crippen LogP contribution is -2.51. The lowest BCUT2D eigenvalue weighted by molar-refractivity contribution is 0.00672. The van der Waals surface area contributed by atoms with E-state index < -0.39 is 22.0 Å². The molecule has 3 rings (SSSR count). The monoisotopic (exact) mass is 423 g/mol. The van der Waals surface area contributed by atoms with Gasteiger partial charge in [-0.05, 0) is 38.0 Å². The second-order valence-corrected chi connectivity index (χ2v) is 9.86. The molecule has 8 nitrogen and oxygen atoms in total. The molecule has 1 N–H and O–H groups in total. The molecule has 1 fully saturated rings. The maximum Gasteiger partial charge on any atom is 0.269 e. The summed E-state index contributed by atoms with van der Waals surface area (Å²) in [6.45, 7) is 11.0. The van der Waals surface area contributed by atoms with Crippen molar-refractivity contribution in [2.24, 2.45) is 5.92 Å². The van der Waals surface area contributed by atoms with Gasteiger partial charge in [0.25, 0.3) is 21.8 Å². The van der Waals surface area contributed by atoms with Crippen molar-refractivity contribution in [3.63, 3.8) is 0 Å². The molecule has 1 saturated heterocycles. The molecule has 160 valence electrons. The maximum atomic E-state index is 12.7. The minimum Gasteiger partial charge on any atom is -0.379 e. The molecular formula is C20H29N3O5S. The van der Waals surface area contributed by atoms with Crippen molar-refractivity contribution in [1.82, 2.24) is 14.5 Å². The number of hydrogen-bond acceptors (Lipinski definition) is 6. The molecule has 0 saturated carbocycles. The van der Waals surface area contributed by atoms with Crippen molar-refractivity contribution >= 4 is 21.8 Å². The van der Waals surface area contributed by atoms with Crippen LogP contribution >= 0.6 is 0 Å². The Morgan fingerprint density at radius 1 is 1.17 bits per heavy atom. The average Bonchev–Trinajstić information content (AvgIpc) is 2.87. The van der Waals surface area contributed by atoms with Crippen LogP contribution in [0.1, 0.15) is 48.4 Å². The first-order valence-electron chi connectivity index (χ1n) is 9.97. The van der Waals surface area contributed by atoms with Crippen LogP contribution < -0.4 is 5.32 Å². The summed E-state index contributed by atoms with van der Waals surface area (Å²) >= 11 is 0. The highest BCUT2D eigenvalue weighted by molar-refractivity contribution is 7.90. The van der Waals surface area contributed by atoms with Crippen LogP contribution in [0.2, 0.25) is 0 Å². The zero-order valence-electron chi connectivity index (χ0n) is 17.3. The molecule has 0 spiro atoms. The van der Waals surface area contributed by atoms with E-state index in [1.165, 1.54) is 18.2 Å². The Morgan fingerprint density at radius 2 is 1.83 bits per heavy atom. The number of morpholine rings is 1. The lowest BCUT2D eigenvalue weighted by Gasteiger charge is -2.36. The van der Waals surface area contributed by atoms with Crippen LogP contribution in [-0.4, -0.2) is 74.4 Å². The van der Waals surface area contributed by atoms with Gasteiger partial charge in [-0.1, -0.05) is 13.8 Å². The molecule has 0 aromatic heterocycles. The van der Waals surface area contributed by atoms with E-state index in [1.54, 1.807) is 13.8 Å². The fourth-order valence-electron chi connectivity index (χ4n) is 3.89. The smallest absolute Gasteiger partial charge is 0.269 e. The van der Waals surface area contributed by atoms with Crippen molar-refractivity contribution in [3.8, 4) is 0 Å². The minimum absolute atomic E-state index is 0.0996. The molecule has 0 radical (unpaired) electrons. The highest BCUT2D eigenvalue weighted by Crippen LogP contribution is 2.32. The summed E-state index contributed by atoms with van der Waals surface area (Å²) in [7, 11) is -3.93. The minimum atomic E-state index is -3.93. The molecule has 29 heavy (non-hydrogen) atoms. The SMILES string of the molecule is CC(C)C(CNC(=O)c1ccc2c(c1)S(=O)(=O)N(C(C)C)C2=O)N1CCOCC1. The first-order valence-corrected chi connectivity index (χ1v) is 11.4. The number of hydrogen-bond donors (Lipinski definition) is 1. The van der Waals surface area contributed by atoms with Crippen LogP contribution in [0.25, 0.3) is 0 Å². The molecule has 2 aliphatic rings. The second kappa shape index (κ2) is 8.41. The summed E-state index contributed by atoms with van der Waals surface area (Å²) in [6.07, 6.45) is 0. The predicted molar refractivity (Wildman–Crippen MR) is 108 cm³/mol. The van der Waals surface area contributed by atoms with E-state index in [1.807, 2.05) is 0 Å². The normalized spacial score (nSPS) is 20.2. The summed E-state index contributed by atoms with van der Waals surface area (Å²) in [6, 6.07) is 3.91. The summed E-state index contributed by atoms with van der Waals surface area (Å²) < 4.78 is 31.7. The summed E-state index contributed by atoms with van der Waals surface area (Å²) in [4.78, 5) is 27.4. The van der Waals surface area contributed by atoms with Crippen LogP contribution in [0.3, 0.4) is 0 Å². The summed E-state index contributed by atoms with van der Waals surface area (Å²) in [5, 5.41) is 2.93. The molecule has 2 amide bonds. The first kappa shape index (κ1) is 21.7. The number of carbonyl (C=O) groups is 2. The van der Waals surface area contributed by atoms with Crippen LogP contribution in [-0.2, 0) is 14.8 Å². The number of nitrogens with one attached hydrogen (secondary N) is 1. The number of fused-ring (bicyclic) bond motifs is 1. The summed E-state index contributed by atoms with van der Waals surface area (Å²) in [5.74, 6) is -0.558. The van der Waals surface area contributed by atoms with Gasteiger partial charge in [-0.25, -0.2) is 12.7 Å². The Hall–Kier alpha value is -1.97. The molecule has 9 heteroatoms. The van der Waals surface area contributed by atoms with Gasteiger partial charge in [-0.15, -0.1) is 0 Å². The molecule has 0 bridgehead atoms. The van der Waals surface area contributed by atoms with Gasteiger partial charge in [0.2, 0.25) is 0 Å². The third-order valence-electron chi connectivity index (χ3n) is 5.44. The van der Waals surface area contributed by atoms with Gasteiger partial charge in [-0.3, -0.25) is 14.5 Å². The van der Waals surface area contributed by atoms with E-state index in [9.17, 15) is 18.0 Å². The van der Waals surface area contributed by atoms with Crippen molar-refractivity contribution in [2.75, 3.05) is 32.8 Å².